The molecule has 8 heteroatoms. The van der Waals surface area contributed by atoms with Crippen molar-refractivity contribution in [2.24, 2.45) is 0 Å². The monoisotopic (exact) mass is 468 g/mol. The van der Waals surface area contributed by atoms with Crippen molar-refractivity contribution in [1.29, 1.82) is 0 Å². The minimum atomic E-state index is -3.43. The molecule has 0 atom stereocenters. The van der Waals surface area contributed by atoms with Crippen LogP contribution in [-0.2, 0) is 26.9 Å². The molecule has 0 bridgehead atoms. The van der Waals surface area contributed by atoms with Crippen LogP contribution in [0.2, 0.25) is 0 Å². The Morgan fingerprint density at radius 2 is 1.88 bits per heavy atom. The van der Waals surface area contributed by atoms with Crippen molar-refractivity contribution in [3.8, 4) is 0 Å². The van der Waals surface area contributed by atoms with E-state index in [1.54, 1.807) is 42.7 Å². The average Bonchev–Trinajstić information content (AvgIpc) is 3.40. The van der Waals surface area contributed by atoms with E-state index in [0.29, 0.717) is 16.5 Å². The first-order chi connectivity index (χ1) is 15.3. The average molecular weight is 469 g/mol. The van der Waals surface area contributed by atoms with E-state index in [1.807, 2.05) is 26.0 Å². The number of carbonyl (C=O) groups is 1. The molecule has 2 aromatic carbocycles. The van der Waals surface area contributed by atoms with Crippen LogP contribution in [0.25, 0.3) is 10.2 Å². The normalized spacial score (nSPS) is 11.7. The van der Waals surface area contributed by atoms with Gasteiger partial charge in [-0.05, 0) is 48.7 Å². The lowest BCUT2D eigenvalue weighted by Crippen LogP contribution is -2.31. The molecular formula is C24H24N2O4S2. The molecule has 32 heavy (non-hydrogen) atoms. The predicted molar refractivity (Wildman–Crippen MR) is 128 cm³/mol. The van der Waals surface area contributed by atoms with E-state index in [9.17, 15) is 13.2 Å². The fourth-order valence-corrected chi connectivity index (χ4v) is 6.06. The number of carbonyl (C=O) groups excluding carboxylic acids is 1. The number of rotatable bonds is 8. The first-order valence-electron chi connectivity index (χ1n) is 10.3. The molecule has 0 fully saturated rings. The molecule has 0 N–H and O–H groups in total. The lowest BCUT2D eigenvalue weighted by Gasteiger charge is -2.18. The van der Waals surface area contributed by atoms with Crippen molar-refractivity contribution in [3.05, 3.63) is 83.3 Å². The minimum absolute atomic E-state index is 0.0844. The summed E-state index contributed by atoms with van der Waals surface area (Å²) in [6.07, 6.45) is 1.43. The van der Waals surface area contributed by atoms with Crippen LogP contribution < -0.4 is 4.90 Å². The number of nitrogens with zero attached hydrogens (tertiary/aromatic N) is 2. The van der Waals surface area contributed by atoms with E-state index in [1.165, 1.54) is 16.2 Å². The van der Waals surface area contributed by atoms with Crippen LogP contribution in [0.5, 0.6) is 0 Å². The molecule has 4 aromatic rings. The van der Waals surface area contributed by atoms with Crippen LogP contribution in [0, 0.1) is 13.8 Å². The maximum atomic E-state index is 13.2. The molecule has 0 aliphatic heterocycles. The first kappa shape index (κ1) is 22.2. The Kier molecular flexibility index (Phi) is 6.43. The Bertz CT molecular complexity index is 1330. The van der Waals surface area contributed by atoms with Gasteiger partial charge < -0.3 is 4.42 Å². The molecule has 6 nitrogen and oxygen atoms in total. The summed E-state index contributed by atoms with van der Waals surface area (Å²) < 4.78 is 31.6. The smallest absolute Gasteiger partial charge is 0.230 e. The van der Waals surface area contributed by atoms with E-state index < -0.39 is 9.84 Å². The van der Waals surface area contributed by atoms with Gasteiger partial charge in [0.15, 0.2) is 15.0 Å². The highest BCUT2D eigenvalue weighted by Crippen LogP contribution is 2.33. The molecule has 0 aliphatic rings. The van der Waals surface area contributed by atoms with Gasteiger partial charge in [-0.15, -0.1) is 0 Å². The Balaban J connectivity index is 1.56. The molecule has 4 rings (SSSR count). The number of thiazole rings is 1. The van der Waals surface area contributed by atoms with Crippen molar-refractivity contribution in [2.75, 3.05) is 10.7 Å². The summed E-state index contributed by atoms with van der Waals surface area (Å²) in [7, 11) is -3.43. The summed E-state index contributed by atoms with van der Waals surface area (Å²) in [5.74, 6) is 0.00116. The highest BCUT2D eigenvalue weighted by atomic mass is 32.2. The number of anilines is 1. The zero-order valence-corrected chi connectivity index (χ0v) is 19.6. The standard InChI is InChI=1S/C24H24N2O4S2/c1-17-13-18(2)23-21(14-17)31-24(25-23)26(15-20-9-6-11-30-20)22(27)10-12-32(28,29)16-19-7-4-3-5-8-19/h3-9,11,13-14H,10,12,15-16H2,1-2H3. The SMILES string of the molecule is Cc1cc(C)c2nc(N(Cc3ccco3)C(=O)CCS(=O)(=O)Cc3ccccc3)sc2c1. The molecule has 0 unspecified atom stereocenters. The number of fused-ring (bicyclic) bond motifs is 1. The van der Waals surface area contributed by atoms with Crippen molar-refractivity contribution in [2.45, 2.75) is 32.6 Å². The van der Waals surface area contributed by atoms with E-state index in [0.717, 1.165) is 21.3 Å². The summed E-state index contributed by atoms with van der Waals surface area (Å²) in [5.41, 5.74) is 3.73. The van der Waals surface area contributed by atoms with Crippen LogP contribution in [-0.4, -0.2) is 25.1 Å². The number of sulfone groups is 1. The summed E-state index contributed by atoms with van der Waals surface area (Å²) in [6.45, 7) is 4.21. The second kappa shape index (κ2) is 9.26. The lowest BCUT2D eigenvalue weighted by molar-refractivity contribution is -0.118. The number of benzene rings is 2. The van der Waals surface area contributed by atoms with Gasteiger partial charge in [-0.1, -0.05) is 47.7 Å². The van der Waals surface area contributed by atoms with Gasteiger partial charge in [-0.3, -0.25) is 9.69 Å². The Morgan fingerprint density at radius 3 is 2.59 bits per heavy atom. The third kappa shape index (κ3) is 5.26. The number of hydrogen-bond acceptors (Lipinski definition) is 6. The van der Waals surface area contributed by atoms with Gasteiger partial charge >= 0.3 is 0 Å². The molecule has 2 heterocycles. The first-order valence-corrected chi connectivity index (χ1v) is 12.9. The molecule has 0 saturated heterocycles. The number of aryl methyl sites for hydroxylation is 2. The Hall–Kier alpha value is -2.97. The van der Waals surface area contributed by atoms with Crippen molar-refractivity contribution < 1.29 is 17.6 Å². The zero-order chi connectivity index (χ0) is 22.7. The number of aromatic nitrogens is 1. The summed E-state index contributed by atoms with van der Waals surface area (Å²) in [6, 6.07) is 16.6. The Morgan fingerprint density at radius 1 is 1.09 bits per heavy atom. The molecule has 166 valence electrons. The van der Waals surface area contributed by atoms with Crippen LogP contribution >= 0.6 is 11.3 Å². The number of hydrogen-bond donors (Lipinski definition) is 0. The second-order valence-corrected chi connectivity index (χ2v) is 11.0. The predicted octanol–water partition coefficient (Wildman–Crippen LogP) is 5.04. The summed E-state index contributed by atoms with van der Waals surface area (Å²) in [4.78, 5) is 19.4. The highest BCUT2D eigenvalue weighted by Gasteiger charge is 2.24. The highest BCUT2D eigenvalue weighted by molar-refractivity contribution is 7.90. The van der Waals surface area contributed by atoms with Gasteiger partial charge in [-0.25, -0.2) is 13.4 Å². The topological polar surface area (TPSA) is 80.5 Å². The van der Waals surface area contributed by atoms with E-state index >= 15 is 0 Å². The van der Waals surface area contributed by atoms with E-state index in [-0.39, 0.29) is 30.4 Å². The Labute approximate surface area is 191 Å². The molecule has 1 amide bonds. The van der Waals surface area contributed by atoms with Crippen LogP contribution in [0.15, 0.2) is 65.3 Å². The lowest BCUT2D eigenvalue weighted by atomic mass is 10.1. The molecular weight excluding hydrogens is 444 g/mol. The van der Waals surface area contributed by atoms with Gasteiger partial charge in [0, 0.05) is 6.42 Å². The fraction of sp³-hybridized carbons (Fsp3) is 0.250. The molecule has 0 saturated carbocycles. The van der Waals surface area contributed by atoms with Crippen LogP contribution in [0.1, 0.15) is 28.9 Å². The quantitative estimate of drug-likeness (QED) is 0.362. The van der Waals surface area contributed by atoms with Crippen molar-refractivity contribution in [1.82, 2.24) is 4.98 Å². The van der Waals surface area contributed by atoms with Crippen LogP contribution in [0.3, 0.4) is 0 Å². The van der Waals surface area contributed by atoms with E-state index in [2.05, 4.69) is 6.07 Å². The summed E-state index contributed by atoms with van der Waals surface area (Å²) >= 11 is 1.42. The molecule has 0 aliphatic carbocycles. The van der Waals surface area contributed by atoms with Gasteiger partial charge in [-0.2, -0.15) is 0 Å². The number of furan rings is 1. The molecule has 0 radical (unpaired) electrons. The van der Waals surface area contributed by atoms with Gasteiger partial charge in [0.1, 0.15) is 5.76 Å². The van der Waals surface area contributed by atoms with E-state index in [4.69, 9.17) is 9.40 Å². The fourth-order valence-electron chi connectivity index (χ4n) is 3.57. The van der Waals surface area contributed by atoms with Gasteiger partial charge in [0.2, 0.25) is 5.91 Å². The van der Waals surface area contributed by atoms with Crippen molar-refractivity contribution >= 4 is 42.4 Å². The van der Waals surface area contributed by atoms with Crippen LogP contribution in [0.4, 0.5) is 5.13 Å². The van der Waals surface area contributed by atoms with Gasteiger partial charge in [0.05, 0.1) is 34.5 Å². The molecule has 0 spiro atoms. The zero-order valence-electron chi connectivity index (χ0n) is 17.9. The minimum Gasteiger partial charge on any atom is -0.467 e. The summed E-state index contributed by atoms with van der Waals surface area (Å²) in [5, 5.41) is 0.538. The maximum Gasteiger partial charge on any atom is 0.230 e. The molecule has 2 aromatic heterocycles. The van der Waals surface area contributed by atoms with Crippen molar-refractivity contribution in [3.63, 3.8) is 0 Å². The van der Waals surface area contributed by atoms with Gasteiger partial charge in [0.25, 0.3) is 0 Å². The largest absolute Gasteiger partial charge is 0.467 e. The third-order valence-corrected chi connectivity index (χ3v) is 7.73. The second-order valence-electron chi connectivity index (χ2n) is 7.81. The maximum absolute atomic E-state index is 13.2. The number of amides is 1. The third-order valence-electron chi connectivity index (χ3n) is 5.10.